The Morgan fingerprint density at radius 3 is 2.57 bits per heavy atom. The van der Waals surface area contributed by atoms with E-state index in [2.05, 4.69) is 10.4 Å². The Kier molecular flexibility index (Phi) is 7.22. The minimum Gasteiger partial charge on any atom is -0.484 e. The van der Waals surface area contributed by atoms with Crippen LogP contribution in [-0.2, 0) is 17.9 Å². The number of para-hydroxylation sites is 1. The van der Waals surface area contributed by atoms with Gasteiger partial charge in [0.15, 0.2) is 5.76 Å². The van der Waals surface area contributed by atoms with Crippen molar-refractivity contribution in [1.82, 2.24) is 9.78 Å². The summed E-state index contributed by atoms with van der Waals surface area (Å²) < 4.78 is 17.9. The average molecular weight is 494 g/mol. The summed E-state index contributed by atoms with van der Waals surface area (Å²) in [5, 5.41) is 7.91. The van der Waals surface area contributed by atoms with Crippen LogP contribution < -0.4 is 10.1 Å². The van der Waals surface area contributed by atoms with Crippen molar-refractivity contribution in [1.29, 1.82) is 0 Å². The highest BCUT2D eigenvalue weighted by Crippen LogP contribution is 2.25. The lowest BCUT2D eigenvalue weighted by atomic mass is 10.1. The Morgan fingerprint density at radius 2 is 1.80 bits per heavy atom. The molecule has 0 atom stereocenters. The predicted octanol–water partition coefficient (Wildman–Crippen LogP) is 5.41. The number of hydrogen-bond acceptors (Lipinski definition) is 6. The van der Waals surface area contributed by atoms with Crippen LogP contribution in [0, 0.1) is 13.8 Å². The second-order valence-electron chi connectivity index (χ2n) is 7.79. The van der Waals surface area contributed by atoms with Crippen molar-refractivity contribution in [3.8, 4) is 5.75 Å². The summed E-state index contributed by atoms with van der Waals surface area (Å²) >= 11 is 6.10. The Balaban J connectivity index is 1.46. The zero-order chi connectivity index (χ0) is 24.9. The molecular formula is C26H24ClN3O5. The molecule has 0 spiro atoms. The van der Waals surface area contributed by atoms with E-state index in [-0.39, 0.29) is 12.4 Å². The number of benzene rings is 2. The van der Waals surface area contributed by atoms with Crippen molar-refractivity contribution in [3.05, 3.63) is 99.7 Å². The molecule has 4 aromatic rings. The molecule has 2 aromatic carbocycles. The lowest BCUT2D eigenvalue weighted by Crippen LogP contribution is -2.13. The van der Waals surface area contributed by atoms with Gasteiger partial charge in [-0.25, -0.2) is 4.79 Å². The molecule has 35 heavy (non-hydrogen) atoms. The number of aromatic nitrogens is 2. The Bertz CT molecular complexity index is 1380. The molecule has 0 fully saturated rings. The summed E-state index contributed by atoms with van der Waals surface area (Å²) in [6.07, 6.45) is 0. The van der Waals surface area contributed by atoms with Crippen LogP contribution in [0.25, 0.3) is 0 Å². The second-order valence-corrected chi connectivity index (χ2v) is 8.20. The number of rotatable bonds is 8. The van der Waals surface area contributed by atoms with E-state index in [1.807, 2.05) is 31.2 Å². The fraction of sp³-hybridized carbons (Fsp3) is 0.192. The van der Waals surface area contributed by atoms with Crippen molar-refractivity contribution in [3.63, 3.8) is 0 Å². The largest absolute Gasteiger partial charge is 0.484 e. The van der Waals surface area contributed by atoms with Gasteiger partial charge in [0.2, 0.25) is 0 Å². The lowest BCUT2D eigenvalue weighted by Gasteiger charge is -2.10. The molecule has 0 bridgehead atoms. The molecule has 0 radical (unpaired) electrons. The van der Waals surface area contributed by atoms with Crippen molar-refractivity contribution in [2.24, 2.45) is 0 Å². The fourth-order valence-corrected chi connectivity index (χ4v) is 3.81. The third-order valence-electron chi connectivity index (χ3n) is 5.45. The predicted molar refractivity (Wildman–Crippen MR) is 131 cm³/mol. The number of amides is 1. The van der Waals surface area contributed by atoms with Gasteiger partial charge in [0.05, 0.1) is 41.3 Å². The van der Waals surface area contributed by atoms with E-state index in [1.165, 1.54) is 7.11 Å². The molecule has 2 heterocycles. The monoisotopic (exact) mass is 493 g/mol. The van der Waals surface area contributed by atoms with E-state index in [9.17, 15) is 9.59 Å². The molecule has 1 amide bonds. The molecule has 4 rings (SSSR count). The van der Waals surface area contributed by atoms with Gasteiger partial charge in [-0.3, -0.25) is 9.48 Å². The van der Waals surface area contributed by atoms with Gasteiger partial charge in [-0.05, 0) is 49.7 Å². The normalized spacial score (nSPS) is 10.7. The van der Waals surface area contributed by atoms with Crippen LogP contribution >= 0.6 is 11.6 Å². The van der Waals surface area contributed by atoms with Crippen LogP contribution in [0.5, 0.6) is 5.75 Å². The number of anilines is 1. The number of carbonyl (C=O) groups is 2. The van der Waals surface area contributed by atoms with E-state index in [0.29, 0.717) is 40.0 Å². The number of ether oxygens (including phenoxy) is 2. The molecular weight excluding hydrogens is 470 g/mol. The van der Waals surface area contributed by atoms with Crippen molar-refractivity contribution in [2.75, 3.05) is 12.4 Å². The Labute approximate surface area is 207 Å². The minimum atomic E-state index is -0.414. The fourth-order valence-electron chi connectivity index (χ4n) is 3.62. The number of aryl methyl sites for hydroxylation is 1. The number of nitrogens with zero attached hydrogens (tertiary/aromatic N) is 2. The maximum Gasteiger partial charge on any atom is 0.338 e. The standard InChI is InChI=1S/C26H24ClN3O5/c1-16-24(17(2)30(29-16)14-18-8-4-5-9-20(18)26(32)33-3)28-25(31)23-13-12-19(35-23)15-34-22-11-7-6-10-21(22)27/h4-13H,14-15H2,1-3H3,(H,28,31). The third kappa shape index (κ3) is 5.38. The summed E-state index contributed by atoms with van der Waals surface area (Å²) in [4.78, 5) is 24.9. The first-order chi connectivity index (χ1) is 16.9. The van der Waals surface area contributed by atoms with Gasteiger partial charge in [0.1, 0.15) is 18.1 Å². The molecule has 9 heteroatoms. The number of carbonyl (C=O) groups excluding carboxylic acids is 2. The maximum atomic E-state index is 12.8. The van der Waals surface area contributed by atoms with E-state index in [0.717, 1.165) is 11.3 Å². The highest BCUT2D eigenvalue weighted by atomic mass is 35.5. The number of halogens is 1. The molecule has 0 saturated heterocycles. The number of methoxy groups -OCH3 is 1. The molecule has 180 valence electrons. The third-order valence-corrected chi connectivity index (χ3v) is 5.77. The van der Waals surface area contributed by atoms with Crippen LogP contribution in [0.3, 0.4) is 0 Å². The molecule has 2 aromatic heterocycles. The van der Waals surface area contributed by atoms with Gasteiger partial charge in [-0.15, -0.1) is 0 Å². The highest BCUT2D eigenvalue weighted by Gasteiger charge is 2.19. The number of furan rings is 1. The van der Waals surface area contributed by atoms with E-state index in [1.54, 1.807) is 48.0 Å². The summed E-state index contributed by atoms with van der Waals surface area (Å²) in [6, 6.07) is 17.6. The van der Waals surface area contributed by atoms with Crippen molar-refractivity contribution in [2.45, 2.75) is 27.0 Å². The number of nitrogens with one attached hydrogen (secondary N) is 1. The zero-order valence-electron chi connectivity index (χ0n) is 19.5. The SMILES string of the molecule is COC(=O)c1ccccc1Cn1nc(C)c(NC(=O)c2ccc(COc3ccccc3Cl)o2)c1C. The zero-order valence-corrected chi connectivity index (χ0v) is 20.3. The Hall–Kier alpha value is -4.04. The first-order valence-electron chi connectivity index (χ1n) is 10.8. The van der Waals surface area contributed by atoms with E-state index in [4.69, 9.17) is 25.5 Å². The molecule has 0 aliphatic carbocycles. The smallest absolute Gasteiger partial charge is 0.338 e. The van der Waals surface area contributed by atoms with Gasteiger partial charge in [0.25, 0.3) is 5.91 Å². The van der Waals surface area contributed by atoms with Crippen molar-refractivity contribution >= 4 is 29.2 Å². The summed E-state index contributed by atoms with van der Waals surface area (Å²) in [5.74, 6) is 0.338. The molecule has 0 unspecified atom stereocenters. The maximum absolute atomic E-state index is 12.8. The van der Waals surface area contributed by atoms with Gasteiger partial charge in [0, 0.05) is 0 Å². The van der Waals surface area contributed by atoms with Crippen LogP contribution in [0.1, 0.15) is 43.6 Å². The van der Waals surface area contributed by atoms with Crippen LogP contribution in [0.4, 0.5) is 5.69 Å². The molecule has 1 N–H and O–H groups in total. The first kappa shape index (κ1) is 24.1. The Morgan fingerprint density at radius 1 is 1.06 bits per heavy atom. The van der Waals surface area contributed by atoms with Gasteiger partial charge < -0.3 is 19.2 Å². The number of hydrogen-bond donors (Lipinski definition) is 1. The second kappa shape index (κ2) is 10.5. The quantitative estimate of drug-likeness (QED) is 0.330. The van der Waals surface area contributed by atoms with E-state index >= 15 is 0 Å². The topological polar surface area (TPSA) is 95.6 Å². The van der Waals surface area contributed by atoms with Crippen LogP contribution in [-0.4, -0.2) is 28.8 Å². The highest BCUT2D eigenvalue weighted by molar-refractivity contribution is 6.32. The molecule has 8 nitrogen and oxygen atoms in total. The van der Waals surface area contributed by atoms with Gasteiger partial charge >= 0.3 is 5.97 Å². The molecule has 0 saturated carbocycles. The lowest BCUT2D eigenvalue weighted by molar-refractivity contribution is 0.0599. The van der Waals surface area contributed by atoms with Gasteiger partial charge in [-0.1, -0.05) is 41.9 Å². The number of esters is 1. The van der Waals surface area contributed by atoms with Crippen LogP contribution in [0.15, 0.2) is 65.1 Å². The van der Waals surface area contributed by atoms with Gasteiger partial charge in [-0.2, -0.15) is 5.10 Å². The molecule has 0 aliphatic heterocycles. The minimum absolute atomic E-state index is 0.132. The first-order valence-corrected chi connectivity index (χ1v) is 11.2. The van der Waals surface area contributed by atoms with Crippen molar-refractivity contribution < 1.29 is 23.5 Å². The summed E-state index contributed by atoms with van der Waals surface area (Å²) in [5.41, 5.74) is 3.19. The average Bonchev–Trinajstić information content (AvgIpc) is 3.44. The summed E-state index contributed by atoms with van der Waals surface area (Å²) in [7, 11) is 1.35. The van der Waals surface area contributed by atoms with E-state index < -0.39 is 11.9 Å². The molecule has 0 aliphatic rings. The van der Waals surface area contributed by atoms with Crippen LogP contribution in [0.2, 0.25) is 5.02 Å². The summed E-state index contributed by atoms with van der Waals surface area (Å²) in [6.45, 7) is 4.13.